The number of imidazole rings is 1. The van der Waals surface area contributed by atoms with Gasteiger partial charge < -0.3 is 9.30 Å². The fourth-order valence-electron chi connectivity index (χ4n) is 10.3. The van der Waals surface area contributed by atoms with Crippen molar-refractivity contribution in [1.82, 2.24) is 14.1 Å². The van der Waals surface area contributed by atoms with E-state index in [4.69, 9.17) is 17.1 Å². The van der Waals surface area contributed by atoms with Crippen LogP contribution in [0.2, 0.25) is 0 Å². The molecule has 10 aromatic carbocycles. The van der Waals surface area contributed by atoms with Gasteiger partial charge in [0.15, 0.2) is 19.1 Å². The van der Waals surface area contributed by atoms with Crippen molar-refractivity contribution in [3.63, 3.8) is 0 Å². The van der Waals surface area contributed by atoms with Crippen LogP contribution in [0.1, 0.15) is 88.0 Å². The van der Waals surface area contributed by atoms with Gasteiger partial charge in [0.05, 0.1) is 30.2 Å². The number of hydrogen-bond donors (Lipinski definition) is 0. The third-order valence-electron chi connectivity index (χ3n) is 13.6. The van der Waals surface area contributed by atoms with Gasteiger partial charge in [-0.3, -0.25) is 0 Å². The van der Waals surface area contributed by atoms with E-state index in [0.29, 0.717) is 16.3 Å². The Balaban J connectivity index is 0.0000117. The van der Waals surface area contributed by atoms with E-state index in [1.54, 1.807) is 34.9 Å². The molecule has 0 amide bonds. The summed E-state index contributed by atoms with van der Waals surface area (Å²) in [5, 5.41) is -3.90. The molecule has 384 valence electrons. The van der Waals surface area contributed by atoms with E-state index in [9.17, 15) is 38.4 Å². The Hall–Kier alpha value is -8.67. The first-order chi connectivity index (χ1) is 53.5. The third-order valence-corrected chi connectivity index (χ3v) is 17.6. The molecule has 0 N–H and O–H groups in total. The molecule has 0 saturated carbocycles. The summed E-state index contributed by atoms with van der Waals surface area (Å²) in [5.41, 5.74) is -11.4. The van der Waals surface area contributed by atoms with Gasteiger partial charge in [-0.05, 0) is 103 Å². The van der Waals surface area contributed by atoms with E-state index in [1.807, 2.05) is 0 Å². The molecule has 0 unspecified atom stereocenters. The van der Waals surface area contributed by atoms with E-state index >= 15 is 0 Å². The smallest absolute Gasteiger partial charge is 0.253 e. The quantitative estimate of drug-likeness (QED) is 0.0658. The van der Waals surface area contributed by atoms with Crippen LogP contribution in [0.25, 0.3) is 83.4 Å². The molecule has 0 fully saturated rings. The van der Waals surface area contributed by atoms with E-state index in [2.05, 4.69) is 17.1 Å². The molecule has 79 heavy (non-hydrogen) atoms. The maximum Gasteiger partial charge on any atom is 0.253 e. The number of aromatic nitrogens is 4. The van der Waals surface area contributed by atoms with Gasteiger partial charge in [-0.2, -0.15) is 16.7 Å². The van der Waals surface area contributed by atoms with Crippen LogP contribution in [-0.4, -0.2) is 22.2 Å². The second kappa shape index (κ2) is 19.7. The van der Waals surface area contributed by atoms with Gasteiger partial charge in [0.2, 0.25) is 0 Å². The molecule has 0 radical (unpaired) electrons. The number of ether oxygens (including phenoxy) is 1. The first kappa shape index (κ1) is 23.7. The van der Waals surface area contributed by atoms with Gasteiger partial charge in [0, 0.05) is 87.2 Å². The van der Waals surface area contributed by atoms with Crippen molar-refractivity contribution in [3.8, 4) is 62.1 Å². The molecule has 7 heteroatoms. The van der Waals surface area contributed by atoms with Gasteiger partial charge in [0.25, 0.3) is 6.33 Å². The van der Waals surface area contributed by atoms with Crippen LogP contribution in [0.3, 0.4) is 0 Å². The summed E-state index contributed by atoms with van der Waals surface area (Å²) < 4.78 is 356. The number of para-hydroxylation sites is 3. The van der Waals surface area contributed by atoms with Gasteiger partial charge in [-0.15, -0.1) is 29.7 Å². The van der Waals surface area contributed by atoms with E-state index < -0.39 is 252 Å². The standard InChI is InChI=1S/C72H55N4OSi.Pt/c1-48-42-69(73-46-49(48)2)76-66-36-18-17-32-60(66)61-40-38-52(44-68(61)76)77-51-23-19-22-50(43-51)74-47-75-70-63(33-20-35-65(70)72(3,4)5)64-45-56(39-41-59(64)57-30-15-16-31-58(57)62-34-21-37-67(74)71(62)75)78(53-24-9-6-10-25-53,54-26-11-7-12-27-54)55-28-13-8-14-29-55;/h6-42,45-47H,1-5H3;/q-1;/i1D3,2D3,3D3,4D3,5D3,6D,7D,8D,9D,10D,11D,12D,13D,14D,15D,16D,24D,25D,26D,27D,28D,29D,30D,31D,39D,41D,45D;. The number of benzene rings is 10. The molecule has 0 aliphatic carbocycles. The summed E-state index contributed by atoms with van der Waals surface area (Å²) in [7, 11) is -6.77. The number of aryl methyl sites for hydroxylation is 2. The molecule has 0 atom stereocenters. The summed E-state index contributed by atoms with van der Waals surface area (Å²) in [5.74, 6) is -0.148. The summed E-state index contributed by atoms with van der Waals surface area (Å²) in [6, 6.07) is 1.17. The summed E-state index contributed by atoms with van der Waals surface area (Å²) in [6.07, 6.45) is 2.12. The van der Waals surface area contributed by atoms with Crippen molar-refractivity contribution >= 4 is 61.7 Å². The summed E-state index contributed by atoms with van der Waals surface area (Å²) in [4.78, 5) is 4.44. The minimum absolute atomic E-state index is 0. The second-order valence-electron chi connectivity index (χ2n) is 18.0. The van der Waals surface area contributed by atoms with Crippen LogP contribution in [0.4, 0.5) is 0 Å². The number of fused-ring (bicyclic) bond motifs is 10. The van der Waals surface area contributed by atoms with Crippen LogP contribution in [0, 0.1) is 25.8 Å². The Bertz CT molecular complexity index is 6150. The molecule has 0 spiro atoms. The molecule has 3 aromatic heterocycles. The van der Waals surface area contributed by atoms with Crippen molar-refractivity contribution in [2.75, 3.05) is 0 Å². The molecule has 0 bridgehead atoms. The zero-order valence-corrected chi connectivity index (χ0v) is 43.7. The predicted molar refractivity (Wildman–Crippen MR) is 323 cm³/mol. The third kappa shape index (κ3) is 8.15. The van der Waals surface area contributed by atoms with E-state index in [-0.39, 0.29) is 66.2 Å². The Morgan fingerprint density at radius 2 is 1.19 bits per heavy atom. The van der Waals surface area contributed by atoms with Gasteiger partial charge in [-0.1, -0.05) is 208 Å². The van der Waals surface area contributed by atoms with Crippen LogP contribution < -0.4 is 30.1 Å². The van der Waals surface area contributed by atoms with Crippen LogP contribution in [-0.2, 0) is 26.5 Å². The maximum absolute atomic E-state index is 11.3. The van der Waals surface area contributed by atoms with Crippen molar-refractivity contribution in [2.45, 2.75) is 39.7 Å². The van der Waals surface area contributed by atoms with Crippen molar-refractivity contribution in [2.24, 2.45) is 0 Å². The summed E-state index contributed by atoms with van der Waals surface area (Å²) >= 11 is 0. The number of hydrogen-bond acceptors (Lipinski definition) is 2. The molecule has 1 aliphatic heterocycles. The van der Waals surface area contributed by atoms with Crippen molar-refractivity contribution < 1.29 is 81.1 Å². The van der Waals surface area contributed by atoms with Crippen LogP contribution >= 0.6 is 0 Å². The predicted octanol–water partition coefficient (Wildman–Crippen LogP) is 14.4. The summed E-state index contributed by atoms with van der Waals surface area (Å²) in [6.45, 7) is -18.4. The molecular weight excluding hydrogens is 1160 g/mol. The molecule has 13 aromatic rings. The molecule has 14 rings (SSSR count). The number of nitrogens with zero attached hydrogens (tertiary/aromatic N) is 4. The number of pyridine rings is 1. The zero-order valence-electron chi connectivity index (χ0n) is 77.4. The zero-order chi connectivity index (χ0) is 84.3. The van der Waals surface area contributed by atoms with E-state index in [0.717, 1.165) is 41.4 Å². The second-order valence-corrected chi connectivity index (χ2v) is 21.5. The Morgan fingerprint density at radius 1 is 0.557 bits per heavy atom. The maximum atomic E-state index is 11.3. The minimum Gasteiger partial charge on any atom is -0.509 e. The molecule has 1 aliphatic rings. The molecule has 0 saturated heterocycles. The number of rotatable bonds is 8. The minimum atomic E-state index is -6.77. The SMILES string of the molecule is [2H]c1c([2H])c([2H])c([Si](c2c([2H])c([2H])c([2H])c([2H])c2[2H])(c2c([2H])c([2H])c([2H])c([2H])c2[2H])c2c([2H])c([2H])c3c(c2[2H])-c2cccc(C(C([2H])([2H])[2H])(C([2H])([2H])[2H])C([2H])([2H])[2H])c2-[n+]2cn(-c4[c-]c(Oc5[c-]c6c(cc5)c5ccccc5n6-c5cc(C([2H])([2H])[2H])c(C([2H])([2H])[2H])cn5)ccc4)c4cccc(c42)-c2c([2H])c([2H])c([2H])c([2H])c2-3)c([2H])c1[2H].[Pt]. The van der Waals surface area contributed by atoms with Gasteiger partial charge in [-0.25, -0.2) is 9.55 Å². The average molecular weight is 1250 g/mol. The fourth-order valence-corrected chi connectivity index (χ4v) is 13.9. The fraction of sp³-hybridized carbons (Fsp3) is 0.0833. The largest absolute Gasteiger partial charge is 0.509 e. The Morgan fingerprint density at radius 3 is 1.91 bits per heavy atom. The normalized spacial score (nSPS) is 19.5. The molecule has 5 nitrogen and oxygen atoms in total. The monoisotopic (exact) mass is 1250 g/mol. The van der Waals surface area contributed by atoms with Crippen LogP contribution in [0.15, 0.2) is 243 Å². The Labute approximate surface area is 529 Å². The average Bonchev–Trinajstić information content (AvgIpc) is 0.846. The van der Waals surface area contributed by atoms with Gasteiger partial charge >= 0.3 is 0 Å². The van der Waals surface area contributed by atoms with Gasteiger partial charge in [0.1, 0.15) is 11.5 Å². The topological polar surface area (TPSA) is 35.9 Å². The van der Waals surface area contributed by atoms with Crippen LogP contribution in [0.5, 0.6) is 11.5 Å². The Kier molecular flexibility index (Phi) is 5.91. The van der Waals surface area contributed by atoms with E-state index in [1.165, 1.54) is 47.0 Å². The first-order valence-electron chi connectivity index (χ1n) is 42.3. The molecular formula is C72H55N4OPtSi-. The first-order valence-corrected chi connectivity index (χ1v) is 25.8. The van der Waals surface area contributed by atoms with Crippen molar-refractivity contribution in [1.29, 1.82) is 0 Å². The van der Waals surface area contributed by atoms with Crippen molar-refractivity contribution in [3.05, 3.63) is 271 Å². The molecule has 4 heterocycles.